The van der Waals surface area contributed by atoms with Gasteiger partial charge in [-0.25, -0.2) is 0 Å². The molecule has 1 unspecified atom stereocenters. The molecule has 0 spiro atoms. The quantitative estimate of drug-likeness (QED) is 0.787. The van der Waals surface area contributed by atoms with Gasteiger partial charge >= 0.3 is 0 Å². The molecular weight excluding hydrogens is 260 g/mol. The molecule has 2 N–H and O–H groups in total. The summed E-state index contributed by atoms with van der Waals surface area (Å²) in [5.41, 5.74) is 0. The van der Waals surface area contributed by atoms with Gasteiger partial charge in [0.25, 0.3) is 0 Å². The van der Waals surface area contributed by atoms with Gasteiger partial charge in [-0.15, -0.1) is 0 Å². The van der Waals surface area contributed by atoms with E-state index in [-0.39, 0.29) is 0 Å². The van der Waals surface area contributed by atoms with Crippen LogP contribution in [-0.4, -0.2) is 25.0 Å². The van der Waals surface area contributed by atoms with Crippen LogP contribution in [-0.2, 0) is 4.79 Å². The molecule has 2 fully saturated rings. The minimum absolute atomic E-state index is 0.292. The van der Waals surface area contributed by atoms with Crippen molar-refractivity contribution in [3.63, 3.8) is 0 Å². The fourth-order valence-corrected chi connectivity index (χ4v) is 4.16. The van der Waals surface area contributed by atoms with Crippen molar-refractivity contribution < 1.29 is 4.79 Å². The zero-order chi connectivity index (χ0) is 15.1. The number of rotatable bonds is 6. The number of carbonyl (C=O) groups is 1. The normalized spacial score (nSPS) is 29.0. The van der Waals surface area contributed by atoms with E-state index in [0.29, 0.717) is 17.9 Å². The van der Waals surface area contributed by atoms with Crippen molar-refractivity contribution in [3.05, 3.63) is 0 Å². The van der Waals surface area contributed by atoms with Gasteiger partial charge in [-0.05, 0) is 69.4 Å². The first-order chi connectivity index (χ1) is 10.2. The first-order valence-electron chi connectivity index (χ1n) is 9.19. The zero-order valence-electron chi connectivity index (χ0n) is 14.0. The molecule has 2 rings (SSSR count). The number of hydrogen-bond donors (Lipinski definition) is 2. The summed E-state index contributed by atoms with van der Waals surface area (Å²) in [6.45, 7) is 6.78. The largest absolute Gasteiger partial charge is 0.353 e. The molecule has 3 nitrogen and oxygen atoms in total. The summed E-state index contributed by atoms with van der Waals surface area (Å²) >= 11 is 0. The Labute approximate surface area is 130 Å². The number of piperidine rings is 1. The minimum atomic E-state index is 0.292. The van der Waals surface area contributed by atoms with Gasteiger partial charge in [-0.1, -0.05) is 26.7 Å². The third kappa shape index (κ3) is 5.61. The van der Waals surface area contributed by atoms with Crippen LogP contribution in [0.15, 0.2) is 0 Å². The fraction of sp³-hybridized carbons (Fsp3) is 0.944. The third-order valence-electron chi connectivity index (χ3n) is 5.60. The Kier molecular flexibility index (Phi) is 7.01. The van der Waals surface area contributed by atoms with Crippen molar-refractivity contribution >= 4 is 5.91 Å². The van der Waals surface area contributed by atoms with Crippen LogP contribution < -0.4 is 10.6 Å². The maximum atomic E-state index is 12.2. The Balaban J connectivity index is 1.65. The smallest absolute Gasteiger partial charge is 0.220 e. The van der Waals surface area contributed by atoms with E-state index >= 15 is 0 Å². The van der Waals surface area contributed by atoms with Crippen molar-refractivity contribution in [1.29, 1.82) is 0 Å². The molecule has 3 heteroatoms. The van der Waals surface area contributed by atoms with Crippen LogP contribution >= 0.6 is 0 Å². The first-order valence-corrected chi connectivity index (χ1v) is 9.19. The predicted molar refractivity (Wildman–Crippen MR) is 88.2 cm³/mol. The van der Waals surface area contributed by atoms with Crippen molar-refractivity contribution in [2.75, 3.05) is 13.1 Å². The highest BCUT2D eigenvalue weighted by Crippen LogP contribution is 2.28. The predicted octanol–water partition coefficient (Wildman–Crippen LogP) is 3.49. The van der Waals surface area contributed by atoms with E-state index in [0.717, 1.165) is 31.3 Å². The van der Waals surface area contributed by atoms with E-state index in [4.69, 9.17) is 0 Å². The molecule has 1 aliphatic carbocycles. The highest BCUT2D eigenvalue weighted by molar-refractivity contribution is 5.76. The van der Waals surface area contributed by atoms with Gasteiger partial charge in [0.05, 0.1) is 0 Å². The molecule has 1 aliphatic heterocycles. The summed E-state index contributed by atoms with van der Waals surface area (Å²) in [7, 11) is 0. The van der Waals surface area contributed by atoms with Gasteiger partial charge < -0.3 is 10.6 Å². The van der Waals surface area contributed by atoms with Crippen LogP contribution in [0.3, 0.4) is 0 Å². The molecule has 21 heavy (non-hydrogen) atoms. The van der Waals surface area contributed by atoms with Crippen LogP contribution in [0.25, 0.3) is 0 Å². The average Bonchev–Trinajstić information content (AvgIpc) is 2.50. The van der Waals surface area contributed by atoms with Crippen LogP contribution in [0.1, 0.15) is 71.6 Å². The summed E-state index contributed by atoms with van der Waals surface area (Å²) in [6.07, 6.45) is 10.9. The van der Waals surface area contributed by atoms with E-state index < -0.39 is 0 Å². The van der Waals surface area contributed by atoms with Gasteiger partial charge in [0.1, 0.15) is 0 Å². The molecule has 1 atom stereocenters. The fourth-order valence-electron chi connectivity index (χ4n) is 4.16. The lowest BCUT2D eigenvalue weighted by molar-refractivity contribution is -0.123. The van der Waals surface area contributed by atoms with Gasteiger partial charge in [0.15, 0.2) is 0 Å². The maximum Gasteiger partial charge on any atom is 0.220 e. The van der Waals surface area contributed by atoms with E-state index in [9.17, 15) is 4.79 Å². The Morgan fingerprint density at radius 3 is 2.43 bits per heavy atom. The molecule has 1 heterocycles. The highest BCUT2D eigenvalue weighted by atomic mass is 16.1. The second-order valence-corrected chi connectivity index (χ2v) is 7.34. The lowest BCUT2D eigenvalue weighted by Crippen LogP contribution is -2.39. The molecule has 0 bridgehead atoms. The van der Waals surface area contributed by atoms with E-state index in [2.05, 4.69) is 24.5 Å². The van der Waals surface area contributed by atoms with E-state index in [1.54, 1.807) is 0 Å². The summed E-state index contributed by atoms with van der Waals surface area (Å²) in [6, 6.07) is 0.450. The molecule has 0 aromatic heterocycles. The van der Waals surface area contributed by atoms with Gasteiger partial charge in [0.2, 0.25) is 5.91 Å². The van der Waals surface area contributed by atoms with E-state index in [1.165, 1.54) is 51.4 Å². The van der Waals surface area contributed by atoms with Gasteiger partial charge in [-0.2, -0.15) is 0 Å². The Morgan fingerprint density at radius 2 is 1.81 bits per heavy atom. The SMILES string of the molecule is CCCC1CCC(NC(=O)CC(C)C2CCNCC2)CC1. The van der Waals surface area contributed by atoms with Crippen LogP contribution in [0.2, 0.25) is 0 Å². The summed E-state index contributed by atoms with van der Waals surface area (Å²) in [5.74, 6) is 2.47. The summed E-state index contributed by atoms with van der Waals surface area (Å²) < 4.78 is 0. The standard InChI is InChI=1S/C18H34N2O/c1-3-4-15-5-7-17(8-6-15)20-18(21)13-14(2)16-9-11-19-12-10-16/h14-17,19H,3-13H2,1-2H3,(H,20,21). The molecule has 0 aromatic rings. The molecule has 1 saturated heterocycles. The van der Waals surface area contributed by atoms with Crippen molar-refractivity contribution in [2.45, 2.75) is 77.7 Å². The first kappa shape index (κ1) is 16.8. The molecule has 1 saturated carbocycles. The van der Waals surface area contributed by atoms with Crippen LogP contribution in [0, 0.1) is 17.8 Å². The number of nitrogens with one attached hydrogen (secondary N) is 2. The van der Waals surface area contributed by atoms with Crippen molar-refractivity contribution in [3.8, 4) is 0 Å². The monoisotopic (exact) mass is 294 g/mol. The minimum Gasteiger partial charge on any atom is -0.353 e. The van der Waals surface area contributed by atoms with Crippen molar-refractivity contribution in [2.24, 2.45) is 17.8 Å². The molecular formula is C18H34N2O. The van der Waals surface area contributed by atoms with Gasteiger partial charge in [0, 0.05) is 12.5 Å². The molecule has 0 radical (unpaired) electrons. The Hall–Kier alpha value is -0.570. The van der Waals surface area contributed by atoms with Gasteiger partial charge in [-0.3, -0.25) is 4.79 Å². The number of amides is 1. The lowest BCUT2D eigenvalue weighted by atomic mass is 9.82. The number of hydrogen-bond acceptors (Lipinski definition) is 2. The second kappa shape index (κ2) is 8.77. The van der Waals surface area contributed by atoms with Crippen molar-refractivity contribution in [1.82, 2.24) is 10.6 Å². The number of carbonyl (C=O) groups excluding carboxylic acids is 1. The van der Waals surface area contributed by atoms with Crippen LogP contribution in [0.4, 0.5) is 0 Å². The summed E-state index contributed by atoms with van der Waals surface area (Å²) in [4.78, 5) is 12.2. The van der Waals surface area contributed by atoms with Crippen LogP contribution in [0.5, 0.6) is 0 Å². The summed E-state index contributed by atoms with van der Waals surface area (Å²) in [5, 5.41) is 6.70. The maximum absolute atomic E-state index is 12.2. The molecule has 1 amide bonds. The zero-order valence-corrected chi connectivity index (χ0v) is 14.0. The second-order valence-electron chi connectivity index (χ2n) is 7.34. The topological polar surface area (TPSA) is 41.1 Å². The Morgan fingerprint density at radius 1 is 1.14 bits per heavy atom. The van der Waals surface area contributed by atoms with E-state index in [1.807, 2.05) is 0 Å². The molecule has 2 aliphatic rings. The molecule has 122 valence electrons. The third-order valence-corrected chi connectivity index (χ3v) is 5.60. The Bertz CT molecular complexity index is 304. The average molecular weight is 294 g/mol. The highest BCUT2D eigenvalue weighted by Gasteiger charge is 2.25. The lowest BCUT2D eigenvalue weighted by Gasteiger charge is -2.31. The molecule has 0 aromatic carbocycles.